The molecule has 0 aliphatic carbocycles. The molecule has 1 aromatic carbocycles. The van der Waals surface area contributed by atoms with Gasteiger partial charge in [-0.15, -0.1) is 0 Å². The second-order valence-electron chi connectivity index (χ2n) is 7.40. The van der Waals surface area contributed by atoms with Gasteiger partial charge in [-0.25, -0.2) is 4.79 Å². The molecule has 7 heteroatoms. The van der Waals surface area contributed by atoms with E-state index in [4.69, 9.17) is 9.73 Å². The number of rotatable bonds is 7. The number of carbonyl (C=O) groups excluding carboxylic acids is 2. The van der Waals surface area contributed by atoms with E-state index in [2.05, 4.69) is 30.1 Å². The zero-order chi connectivity index (χ0) is 20.4. The van der Waals surface area contributed by atoms with Gasteiger partial charge in [0.15, 0.2) is 0 Å². The second-order valence-corrected chi connectivity index (χ2v) is 7.40. The molecule has 3 aliphatic rings. The summed E-state index contributed by atoms with van der Waals surface area (Å²) in [4.78, 5) is 33.0. The minimum atomic E-state index is -0.290. The predicted octanol–water partition coefficient (Wildman–Crippen LogP) is 3.04. The Balaban J connectivity index is 1.54. The summed E-state index contributed by atoms with van der Waals surface area (Å²) < 4.78 is 4.99. The van der Waals surface area contributed by atoms with Crippen LogP contribution in [-0.2, 0) is 16.1 Å². The fourth-order valence-corrected chi connectivity index (χ4v) is 3.81. The van der Waals surface area contributed by atoms with Gasteiger partial charge in [-0.1, -0.05) is 26.0 Å². The van der Waals surface area contributed by atoms with E-state index in [1.165, 1.54) is 0 Å². The summed E-state index contributed by atoms with van der Waals surface area (Å²) in [6, 6.07) is 5.80. The molecule has 2 amide bonds. The molecule has 0 spiro atoms. The first-order chi connectivity index (χ1) is 14.1. The van der Waals surface area contributed by atoms with Crippen LogP contribution in [0.2, 0.25) is 0 Å². The number of carbonyl (C=O) groups is 2. The zero-order valence-corrected chi connectivity index (χ0v) is 16.9. The molecule has 0 radical (unpaired) electrons. The van der Waals surface area contributed by atoms with Gasteiger partial charge in [0.05, 0.1) is 17.8 Å². The van der Waals surface area contributed by atoms with Crippen LogP contribution >= 0.6 is 0 Å². The highest BCUT2D eigenvalue weighted by atomic mass is 16.6. The standard InChI is InChI=1S/C22H26N4O3/c1-3-25(4-2)14-17-7-6-16(23-17)12-19-18-11-15(5-8-20(18)24-21(19)27)13-26-9-10-29-22(26)28/h5-6,8,11-12H,3-4,7,9-10,13-14H2,1-2H3,(H,24,27)/b19-12+. The van der Waals surface area contributed by atoms with Crippen LogP contribution in [0.15, 0.2) is 41.0 Å². The van der Waals surface area contributed by atoms with Gasteiger partial charge in [0.25, 0.3) is 5.91 Å². The molecule has 0 atom stereocenters. The average molecular weight is 394 g/mol. The van der Waals surface area contributed by atoms with Crippen LogP contribution in [-0.4, -0.2) is 60.3 Å². The third-order valence-corrected chi connectivity index (χ3v) is 5.51. The minimum Gasteiger partial charge on any atom is -0.448 e. The summed E-state index contributed by atoms with van der Waals surface area (Å²) >= 11 is 0. The summed E-state index contributed by atoms with van der Waals surface area (Å²) in [6.07, 6.45) is 4.47. The number of fused-ring (bicyclic) bond motifs is 1. The molecule has 0 bridgehead atoms. The smallest absolute Gasteiger partial charge is 0.410 e. The molecule has 152 valence electrons. The van der Waals surface area contributed by atoms with E-state index in [9.17, 15) is 9.59 Å². The number of nitrogens with zero attached hydrogens (tertiary/aromatic N) is 3. The largest absolute Gasteiger partial charge is 0.448 e. The lowest BCUT2D eigenvalue weighted by Crippen LogP contribution is -2.28. The number of aliphatic imine (C=N–C) groups is 1. The highest BCUT2D eigenvalue weighted by Gasteiger charge is 2.27. The van der Waals surface area contributed by atoms with Gasteiger partial charge in [0.1, 0.15) is 6.61 Å². The van der Waals surface area contributed by atoms with Crippen molar-refractivity contribution in [2.24, 2.45) is 4.99 Å². The van der Waals surface area contributed by atoms with Crippen LogP contribution in [0.1, 0.15) is 31.4 Å². The first-order valence-electron chi connectivity index (χ1n) is 10.1. The van der Waals surface area contributed by atoms with Gasteiger partial charge in [-0.05, 0) is 36.9 Å². The molecule has 7 nitrogen and oxygen atoms in total. The van der Waals surface area contributed by atoms with Crippen molar-refractivity contribution in [3.63, 3.8) is 0 Å². The molecule has 1 saturated heterocycles. The molecule has 1 aromatic rings. The van der Waals surface area contributed by atoms with E-state index in [-0.39, 0.29) is 12.0 Å². The SMILES string of the molecule is CCN(CC)CC1=NC(/C=C2/C(=O)Nc3ccc(CN4CCOC4=O)cc32)=CC1. The van der Waals surface area contributed by atoms with Crippen molar-refractivity contribution in [3.8, 4) is 0 Å². The van der Waals surface area contributed by atoms with Crippen LogP contribution in [0, 0.1) is 0 Å². The summed E-state index contributed by atoms with van der Waals surface area (Å²) in [6.45, 7) is 8.63. The van der Waals surface area contributed by atoms with Crippen LogP contribution in [0.3, 0.4) is 0 Å². The Morgan fingerprint density at radius 2 is 2.10 bits per heavy atom. The lowest BCUT2D eigenvalue weighted by Gasteiger charge is -2.17. The predicted molar refractivity (Wildman–Crippen MR) is 113 cm³/mol. The fourth-order valence-electron chi connectivity index (χ4n) is 3.81. The first kappa shape index (κ1) is 19.4. The van der Waals surface area contributed by atoms with Gasteiger partial charge < -0.3 is 15.0 Å². The van der Waals surface area contributed by atoms with Crippen molar-refractivity contribution in [2.75, 3.05) is 38.1 Å². The fraction of sp³-hybridized carbons (Fsp3) is 0.409. The minimum absolute atomic E-state index is 0.119. The van der Waals surface area contributed by atoms with E-state index in [1.807, 2.05) is 24.3 Å². The Morgan fingerprint density at radius 1 is 1.28 bits per heavy atom. The number of amides is 2. The summed E-state index contributed by atoms with van der Waals surface area (Å²) in [7, 11) is 0. The van der Waals surface area contributed by atoms with E-state index in [0.29, 0.717) is 25.3 Å². The van der Waals surface area contributed by atoms with Gasteiger partial charge in [-0.3, -0.25) is 14.7 Å². The van der Waals surface area contributed by atoms with E-state index in [0.717, 1.165) is 54.3 Å². The van der Waals surface area contributed by atoms with Gasteiger partial charge >= 0.3 is 6.09 Å². The van der Waals surface area contributed by atoms with Gasteiger partial charge in [0.2, 0.25) is 0 Å². The number of anilines is 1. The Kier molecular flexibility index (Phi) is 5.49. The molecular formula is C22H26N4O3. The Hall–Kier alpha value is -2.93. The van der Waals surface area contributed by atoms with Gasteiger partial charge in [0, 0.05) is 36.5 Å². The molecular weight excluding hydrogens is 368 g/mol. The lowest BCUT2D eigenvalue weighted by molar-refractivity contribution is -0.110. The molecule has 3 aliphatic heterocycles. The van der Waals surface area contributed by atoms with E-state index in [1.54, 1.807) is 4.90 Å². The number of cyclic esters (lactones) is 1. The van der Waals surface area contributed by atoms with Crippen LogP contribution in [0.5, 0.6) is 0 Å². The second kappa shape index (κ2) is 8.21. The van der Waals surface area contributed by atoms with Crippen molar-refractivity contribution < 1.29 is 14.3 Å². The molecule has 1 fully saturated rings. The van der Waals surface area contributed by atoms with E-state index >= 15 is 0 Å². The number of benzene rings is 1. The van der Waals surface area contributed by atoms with Crippen molar-refractivity contribution in [2.45, 2.75) is 26.8 Å². The number of ether oxygens (including phenoxy) is 1. The third kappa shape index (κ3) is 4.10. The van der Waals surface area contributed by atoms with E-state index < -0.39 is 0 Å². The van der Waals surface area contributed by atoms with Crippen LogP contribution in [0.25, 0.3) is 5.57 Å². The Bertz CT molecular complexity index is 928. The number of nitrogens with one attached hydrogen (secondary N) is 1. The van der Waals surface area contributed by atoms with Gasteiger partial charge in [-0.2, -0.15) is 0 Å². The summed E-state index contributed by atoms with van der Waals surface area (Å²) in [5, 5.41) is 2.92. The average Bonchev–Trinajstić information content (AvgIpc) is 3.41. The van der Waals surface area contributed by atoms with Crippen molar-refractivity contribution in [1.82, 2.24) is 9.80 Å². The molecule has 1 N–H and O–H groups in total. The molecule has 4 rings (SSSR count). The normalized spacial score (nSPS) is 19.6. The molecule has 0 saturated carbocycles. The Labute approximate surface area is 170 Å². The maximum atomic E-state index is 12.5. The highest BCUT2D eigenvalue weighted by Crippen LogP contribution is 2.34. The highest BCUT2D eigenvalue weighted by molar-refractivity contribution is 6.32. The molecule has 0 aromatic heterocycles. The van der Waals surface area contributed by atoms with Crippen LogP contribution < -0.4 is 5.32 Å². The zero-order valence-electron chi connectivity index (χ0n) is 16.9. The maximum absolute atomic E-state index is 12.5. The molecule has 3 heterocycles. The third-order valence-electron chi connectivity index (χ3n) is 5.51. The topological polar surface area (TPSA) is 74.2 Å². The van der Waals surface area contributed by atoms with Crippen molar-refractivity contribution >= 4 is 29.0 Å². The Morgan fingerprint density at radius 3 is 2.83 bits per heavy atom. The number of hydrogen-bond acceptors (Lipinski definition) is 5. The van der Waals surface area contributed by atoms with Crippen LogP contribution in [0.4, 0.5) is 10.5 Å². The molecule has 29 heavy (non-hydrogen) atoms. The quantitative estimate of drug-likeness (QED) is 0.722. The first-order valence-corrected chi connectivity index (χ1v) is 10.1. The van der Waals surface area contributed by atoms with Crippen molar-refractivity contribution in [3.05, 3.63) is 47.2 Å². The summed E-state index contributed by atoms with van der Waals surface area (Å²) in [5.41, 5.74) is 5.19. The molecule has 0 unspecified atom stereocenters. The lowest BCUT2D eigenvalue weighted by atomic mass is 10.0. The maximum Gasteiger partial charge on any atom is 0.410 e. The monoisotopic (exact) mass is 394 g/mol. The van der Waals surface area contributed by atoms with Crippen molar-refractivity contribution in [1.29, 1.82) is 0 Å². The number of hydrogen-bond donors (Lipinski definition) is 1. The summed E-state index contributed by atoms with van der Waals surface area (Å²) in [5.74, 6) is -0.119. The number of allylic oxidation sites excluding steroid dienone is 2.